The first-order valence-corrected chi connectivity index (χ1v) is 6.02. The molecular formula is C10H15N3O3S. The normalized spacial score (nSPS) is 10.1. The minimum atomic E-state index is -0.324. The lowest BCUT2D eigenvalue weighted by Crippen LogP contribution is -2.32. The fourth-order valence-corrected chi connectivity index (χ4v) is 1.93. The molecule has 7 heteroatoms. The average molecular weight is 257 g/mol. The van der Waals surface area contributed by atoms with Crippen LogP contribution in [0.1, 0.15) is 28.7 Å². The molecule has 1 heterocycles. The Hall–Kier alpha value is -1.50. The maximum atomic E-state index is 12.1. The summed E-state index contributed by atoms with van der Waals surface area (Å²) < 4.78 is 8.26. The number of esters is 1. The third-order valence-electron chi connectivity index (χ3n) is 2.33. The molecular weight excluding hydrogens is 242 g/mol. The van der Waals surface area contributed by atoms with E-state index in [0.717, 1.165) is 11.5 Å². The van der Waals surface area contributed by atoms with Gasteiger partial charge >= 0.3 is 5.97 Å². The molecule has 0 spiro atoms. The van der Waals surface area contributed by atoms with Gasteiger partial charge in [0.15, 0.2) is 0 Å². The van der Waals surface area contributed by atoms with Crippen molar-refractivity contribution in [1.29, 1.82) is 0 Å². The molecule has 0 aliphatic rings. The number of ether oxygens (including phenoxy) is 1. The van der Waals surface area contributed by atoms with E-state index in [-0.39, 0.29) is 18.3 Å². The summed E-state index contributed by atoms with van der Waals surface area (Å²) in [6.45, 7) is 4.48. The van der Waals surface area contributed by atoms with Crippen molar-refractivity contribution in [3.63, 3.8) is 0 Å². The Bertz CT molecular complexity index is 405. The van der Waals surface area contributed by atoms with E-state index in [4.69, 9.17) is 0 Å². The van der Waals surface area contributed by atoms with E-state index in [1.165, 1.54) is 7.11 Å². The van der Waals surface area contributed by atoms with Gasteiger partial charge in [-0.05, 0) is 25.4 Å². The number of rotatable bonds is 5. The Morgan fingerprint density at radius 1 is 1.47 bits per heavy atom. The van der Waals surface area contributed by atoms with Crippen molar-refractivity contribution in [3.8, 4) is 0 Å². The topological polar surface area (TPSA) is 72.4 Å². The number of nitrogens with zero attached hydrogens (tertiary/aromatic N) is 3. The van der Waals surface area contributed by atoms with E-state index in [2.05, 4.69) is 14.3 Å². The molecule has 0 saturated heterocycles. The second kappa shape index (κ2) is 6.29. The van der Waals surface area contributed by atoms with Gasteiger partial charge in [0.1, 0.15) is 4.88 Å². The summed E-state index contributed by atoms with van der Waals surface area (Å²) >= 11 is 1.07. The minimum Gasteiger partial charge on any atom is -0.469 e. The molecule has 1 rings (SSSR count). The summed E-state index contributed by atoms with van der Waals surface area (Å²) in [6.07, 6.45) is 0.196. The summed E-state index contributed by atoms with van der Waals surface area (Å²) in [5.41, 5.74) is 0.622. The Morgan fingerprint density at radius 2 is 2.18 bits per heavy atom. The summed E-state index contributed by atoms with van der Waals surface area (Å²) in [6, 6.07) is 0. The molecule has 0 atom stereocenters. The van der Waals surface area contributed by atoms with Gasteiger partial charge in [0.2, 0.25) is 0 Å². The zero-order valence-corrected chi connectivity index (χ0v) is 10.9. The Morgan fingerprint density at radius 3 is 2.65 bits per heavy atom. The fourth-order valence-electron chi connectivity index (χ4n) is 1.30. The maximum absolute atomic E-state index is 12.1. The average Bonchev–Trinajstić information content (AvgIpc) is 2.75. The lowest BCUT2D eigenvalue weighted by atomic mass is 10.3. The molecule has 94 valence electrons. The molecule has 6 nitrogen and oxygen atoms in total. The number of methoxy groups -OCH3 is 1. The quantitative estimate of drug-likeness (QED) is 0.732. The summed E-state index contributed by atoms with van der Waals surface area (Å²) in [7, 11) is 1.33. The van der Waals surface area contributed by atoms with Gasteiger partial charge in [-0.1, -0.05) is 4.49 Å². The largest absolute Gasteiger partial charge is 0.469 e. The number of carbonyl (C=O) groups excluding carboxylic acids is 2. The number of aryl methyl sites for hydroxylation is 1. The third-order valence-corrected chi connectivity index (χ3v) is 3.14. The lowest BCUT2D eigenvalue weighted by molar-refractivity contribution is -0.140. The van der Waals surface area contributed by atoms with Crippen molar-refractivity contribution < 1.29 is 14.3 Å². The van der Waals surface area contributed by atoms with Gasteiger partial charge in [-0.15, -0.1) is 5.10 Å². The minimum absolute atomic E-state index is 0.135. The zero-order valence-electron chi connectivity index (χ0n) is 10.1. The molecule has 0 N–H and O–H groups in total. The van der Waals surface area contributed by atoms with E-state index in [9.17, 15) is 9.59 Å². The van der Waals surface area contributed by atoms with Gasteiger partial charge in [-0.25, -0.2) is 0 Å². The van der Waals surface area contributed by atoms with E-state index >= 15 is 0 Å². The Kier molecular flexibility index (Phi) is 5.02. The number of hydrogen-bond donors (Lipinski definition) is 0. The number of amides is 1. The van der Waals surface area contributed by atoms with E-state index < -0.39 is 0 Å². The molecule has 0 aromatic carbocycles. The van der Waals surface area contributed by atoms with Crippen LogP contribution in [0.2, 0.25) is 0 Å². The van der Waals surface area contributed by atoms with Crippen molar-refractivity contribution in [3.05, 3.63) is 10.6 Å². The van der Waals surface area contributed by atoms with Crippen molar-refractivity contribution in [2.45, 2.75) is 20.3 Å². The first kappa shape index (κ1) is 13.6. The molecule has 0 aliphatic carbocycles. The second-order valence-corrected chi connectivity index (χ2v) is 4.15. The first-order chi connectivity index (χ1) is 8.10. The molecule has 0 unspecified atom stereocenters. The van der Waals surface area contributed by atoms with Crippen LogP contribution in [0.4, 0.5) is 0 Å². The highest BCUT2D eigenvalue weighted by Crippen LogP contribution is 2.12. The van der Waals surface area contributed by atoms with Gasteiger partial charge in [-0.3, -0.25) is 9.59 Å². The summed E-state index contributed by atoms with van der Waals surface area (Å²) in [5.74, 6) is -0.459. The molecule has 0 fully saturated rings. The van der Waals surface area contributed by atoms with Crippen LogP contribution in [0.3, 0.4) is 0 Å². The van der Waals surface area contributed by atoms with Crippen molar-refractivity contribution in [1.82, 2.24) is 14.5 Å². The van der Waals surface area contributed by atoms with E-state index in [1.807, 2.05) is 6.92 Å². The zero-order chi connectivity index (χ0) is 12.8. The monoisotopic (exact) mass is 257 g/mol. The Labute approximate surface area is 104 Å². The number of carbonyl (C=O) groups is 2. The van der Waals surface area contributed by atoms with Crippen molar-refractivity contribution in [2.75, 3.05) is 20.2 Å². The van der Waals surface area contributed by atoms with E-state index in [1.54, 1.807) is 11.8 Å². The van der Waals surface area contributed by atoms with Crippen LogP contribution in [0.5, 0.6) is 0 Å². The van der Waals surface area contributed by atoms with Crippen LogP contribution < -0.4 is 0 Å². The first-order valence-electron chi connectivity index (χ1n) is 5.25. The standard InChI is InChI=1S/C10H15N3O3S/c1-4-13(6-5-8(14)16-3)10(15)9-7(2)11-12-17-9/h4-6H2,1-3H3. The van der Waals surface area contributed by atoms with Crippen LogP contribution in [-0.4, -0.2) is 46.6 Å². The predicted molar refractivity (Wildman–Crippen MR) is 62.9 cm³/mol. The highest BCUT2D eigenvalue weighted by Gasteiger charge is 2.20. The van der Waals surface area contributed by atoms with Crippen LogP contribution in [0.25, 0.3) is 0 Å². The van der Waals surface area contributed by atoms with Gasteiger partial charge in [0.25, 0.3) is 5.91 Å². The summed E-state index contributed by atoms with van der Waals surface area (Å²) in [5, 5.41) is 3.80. The maximum Gasteiger partial charge on any atom is 0.307 e. The van der Waals surface area contributed by atoms with Crippen LogP contribution in [0.15, 0.2) is 0 Å². The molecule has 0 saturated carbocycles. The highest BCUT2D eigenvalue weighted by atomic mass is 32.1. The molecule has 1 aromatic rings. The molecule has 0 aliphatic heterocycles. The second-order valence-electron chi connectivity index (χ2n) is 3.40. The van der Waals surface area contributed by atoms with Gasteiger partial charge < -0.3 is 9.64 Å². The molecule has 0 radical (unpaired) electrons. The Balaban J connectivity index is 2.65. The smallest absolute Gasteiger partial charge is 0.307 e. The SMILES string of the molecule is CCN(CCC(=O)OC)C(=O)c1snnc1C. The van der Waals surface area contributed by atoms with Crippen molar-refractivity contribution in [2.24, 2.45) is 0 Å². The lowest BCUT2D eigenvalue weighted by Gasteiger charge is -2.19. The van der Waals surface area contributed by atoms with Gasteiger partial charge in [0.05, 0.1) is 19.2 Å². The van der Waals surface area contributed by atoms with Crippen molar-refractivity contribution >= 4 is 23.4 Å². The van der Waals surface area contributed by atoms with E-state index in [0.29, 0.717) is 23.7 Å². The third kappa shape index (κ3) is 3.48. The van der Waals surface area contributed by atoms with Crippen LogP contribution in [-0.2, 0) is 9.53 Å². The molecule has 1 amide bonds. The molecule has 0 bridgehead atoms. The fraction of sp³-hybridized carbons (Fsp3) is 0.600. The molecule has 17 heavy (non-hydrogen) atoms. The van der Waals surface area contributed by atoms with Gasteiger partial charge in [0, 0.05) is 13.1 Å². The van der Waals surface area contributed by atoms with Crippen LogP contribution in [0, 0.1) is 6.92 Å². The molecule has 1 aromatic heterocycles. The summed E-state index contributed by atoms with van der Waals surface area (Å²) in [4.78, 5) is 25.2. The highest BCUT2D eigenvalue weighted by molar-refractivity contribution is 7.07. The van der Waals surface area contributed by atoms with Crippen LogP contribution >= 0.6 is 11.5 Å². The number of aromatic nitrogens is 2. The number of hydrogen-bond acceptors (Lipinski definition) is 6. The van der Waals surface area contributed by atoms with Gasteiger partial charge in [-0.2, -0.15) is 0 Å². The predicted octanol–water partition coefficient (Wildman–Crippen LogP) is 0.872.